The number of rotatable bonds is 7. The van der Waals surface area contributed by atoms with Gasteiger partial charge in [-0.25, -0.2) is 0 Å². The van der Waals surface area contributed by atoms with E-state index in [4.69, 9.17) is 0 Å². The van der Waals surface area contributed by atoms with Gasteiger partial charge < -0.3 is 0 Å². The van der Waals surface area contributed by atoms with Crippen LogP contribution in [0.1, 0.15) is 32.4 Å². The SMILES string of the molecule is CC=CC(C)(C)C(NP(=O)(c1ccccc1)c1ccccc1)c1ccccc1. The number of hydrogen-bond donors (Lipinski definition) is 1. The lowest BCUT2D eigenvalue weighted by Gasteiger charge is -2.36. The predicted octanol–water partition coefficient (Wildman–Crippen LogP) is 5.85. The van der Waals surface area contributed by atoms with Crippen molar-refractivity contribution in [2.45, 2.75) is 26.8 Å². The van der Waals surface area contributed by atoms with Crippen molar-refractivity contribution in [3.05, 3.63) is 109 Å². The van der Waals surface area contributed by atoms with Crippen LogP contribution in [0.4, 0.5) is 0 Å². The lowest BCUT2D eigenvalue weighted by atomic mass is 9.81. The van der Waals surface area contributed by atoms with Crippen molar-refractivity contribution in [3.8, 4) is 0 Å². The first-order valence-corrected chi connectivity index (χ1v) is 11.4. The molecule has 0 spiro atoms. The standard InChI is InChI=1S/C25H28NOP/c1-4-20-25(2,3)24(21-14-8-5-9-15-21)26-28(27,22-16-10-6-11-17-22)23-18-12-7-13-19-23/h4-20,24H,1-3H3,(H,26,27). The second kappa shape index (κ2) is 8.73. The van der Waals surface area contributed by atoms with Crippen molar-refractivity contribution in [3.63, 3.8) is 0 Å². The minimum atomic E-state index is -3.05. The van der Waals surface area contributed by atoms with Crippen LogP contribution in [0.15, 0.2) is 103 Å². The Morgan fingerprint density at radius 3 is 1.64 bits per heavy atom. The van der Waals surface area contributed by atoms with Crippen LogP contribution >= 0.6 is 7.29 Å². The minimum Gasteiger partial charge on any atom is -0.297 e. The Morgan fingerprint density at radius 1 is 0.786 bits per heavy atom. The Hall–Kier alpha value is -2.41. The molecule has 3 aromatic rings. The topological polar surface area (TPSA) is 29.1 Å². The van der Waals surface area contributed by atoms with E-state index in [2.05, 4.69) is 43.2 Å². The van der Waals surface area contributed by atoms with Crippen LogP contribution in [0.2, 0.25) is 0 Å². The molecule has 0 saturated carbocycles. The largest absolute Gasteiger partial charge is 0.297 e. The summed E-state index contributed by atoms with van der Waals surface area (Å²) >= 11 is 0. The maximum atomic E-state index is 14.5. The molecule has 0 heterocycles. The summed E-state index contributed by atoms with van der Waals surface area (Å²) in [6, 6.07) is 29.7. The van der Waals surface area contributed by atoms with Crippen LogP contribution in [0.25, 0.3) is 0 Å². The molecule has 1 unspecified atom stereocenters. The van der Waals surface area contributed by atoms with Crippen molar-refractivity contribution >= 4 is 17.9 Å². The molecule has 0 saturated heterocycles. The molecule has 1 atom stereocenters. The zero-order chi connectivity index (χ0) is 20.0. The first-order valence-electron chi connectivity index (χ1n) is 9.65. The van der Waals surface area contributed by atoms with Gasteiger partial charge in [0.15, 0.2) is 0 Å². The van der Waals surface area contributed by atoms with E-state index in [1.165, 1.54) is 0 Å². The van der Waals surface area contributed by atoms with Gasteiger partial charge >= 0.3 is 0 Å². The van der Waals surface area contributed by atoms with Gasteiger partial charge in [0, 0.05) is 22.1 Å². The molecule has 3 heteroatoms. The molecular formula is C25H28NOP. The summed E-state index contributed by atoms with van der Waals surface area (Å²) in [6.45, 7) is 6.38. The van der Waals surface area contributed by atoms with E-state index < -0.39 is 7.29 Å². The fraction of sp³-hybridized carbons (Fsp3) is 0.200. The summed E-state index contributed by atoms with van der Waals surface area (Å²) in [5.74, 6) is 0. The number of allylic oxidation sites excluding steroid dienone is 1. The lowest BCUT2D eigenvalue weighted by Crippen LogP contribution is -2.37. The number of benzene rings is 3. The molecule has 0 aliphatic heterocycles. The van der Waals surface area contributed by atoms with Gasteiger partial charge in [0.1, 0.15) is 0 Å². The Kier molecular flexibility index (Phi) is 6.34. The smallest absolute Gasteiger partial charge is 0.205 e. The molecule has 0 bridgehead atoms. The molecule has 0 radical (unpaired) electrons. The van der Waals surface area contributed by atoms with Crippen molar-refractivity contribution in [1.82, 2.24) is 5.09 Å². The highest BCUT2D eigenvalue weighted by molar-refractivity contribution is 7.76. The zero-order valence-electron chi connectivity index (χ0n) is 16.7. The van der Waals surface area contributed by atoms with E-state index in [1.807, 2.05) is 85.8 Å². The fourth-order valence-electron chi connectivity index (χ4n) is 3.60. The predicted molar refractivity (Wildman–Crippen MR) is 121 cm³/mol. The van der Waals surface area contributed by atoms with Crippen molar-refractivity contribution in [2.75, 3.05) is 0 Å². The summed E-state index contributed by atoms with van der Waals surface area (Å²) in [5.41, 5.74) is 0.896. The van der Waals surface area contributed by atoms with Gasteiger partial charge in [-0.05, 0) is 36.8 Å². The van der Waals surface area contributed by atoms with E-state index in [9.17, 15) is 4.57 Å². The number of nitrogens with one attached hydrogen (secondary N) is 1. The van der Waals surface area contributed by atoms with E-state index in [0.717, 1.165) is 16.2 Å². The lowest BCUT2D eigenvalue weighted by molar-refractivity contribution is 0.354. The van der Waals surface area contributed by atoms with Gasteiger partial charge in [-0.15, -0.1) is 0 Å². The fourth-order valence-corrected chi connectivity index (χ4v) is 6.22. The summed E-state index contributed by atoms with van der Waals surface area (Å²) < 4.78 is 14.5. The molecule has 0 aromatic heterocycles. The van der Waals surface area contributed by atoms with Crippen molar-refractivity contribution in [2.24, 2.45) is 5.41 Å². The maximum absolute atomic E-state index is 14.5. The minimum absolute atomic E-state index is 0.115. The van der Waals surface area contributed by atoms with Gasteiger partial charge in [-0.1, -0.05) is 92.7 Å². The highest BCUT2D eigenvalue weighted by Crippen LogP contribution is 2.46. The Labute approximate surface area is 168 Å². The van der Waals surface area contributed by atoms with Crippen LogP contribution in [-0.4, -0.2) is 0 Å². The molecule has 1 N–H and O–H groups in total. The molecule has 144 valence electrons. The third kappa shape index (κ3) is 4.35. The van der Waals surface area contributed by atoms with Gasteiger partial charge in [-0.3, -0.25) is 9.65 Å². The molecule has 0 amide bonds. The second-order valence-corrected chi connectivity index (χ2v) is 10.1. The molecule has 2 nitrogen and oxygen atoms in total. The van der Waals surface area contributed by atoms with Crippen LogP contribution in [0, 0.1) is 5.41 Å². The maximum Gasteiger partial charge on any atom is 0.205 e. The van der Waals surface area contributed by atoms with Crippen LogP contribution in [-0.2, 0) is 4.57 Å². The molecule has 3 rings (SSSR count). The van der Waals surface area contributed by atoms with Crippen LogP contribution < -0.4 is 15.7 Å². The highest BCUT2D eigenvalue weighted by atomic mass is 31.2. The zero-order valence-corrected chi connectivity index (χ0v) is 17.6. The van der Waals surface area contributed by atoms with Crippen LogP contribution in [0.3, 0.4) is 0 Å². The van der Waals surface area contributed by atoms with Gasteiger partial charge in [0.2, 0.25) is 7.29 Å². The molecular weight excluding hydrogens is 361 g/mol. The third-order valence-electron chi connectivity index (χ3n) is 5.02. The second-order valence-electron chi connectivity index (χ2n) is 7.57. The average molecular weight is 389 g/mol. The highest BCUT2D eigenvalue weighted by Gasteiger charge is 2.36. The van der Waals surface area contributed by atoms with Gasteiger partial charge in [0.05, 0.1) is 0 Å². The van der Waals surface area contributed by atoms with Gasteiger partial charge in [0.25, 0.3) is 0 Å². The van der Waals surface area contributed by atoms with E-state index in [0.29, 0.717) is 0 Å². The summed E-state index contributed by atoms with van der Waals surface area (Å²) in [7, 11) is -3.05. The summed E-state index contributed by atoms with van der Waals surface area (Å²) in [5, 5.41) is 5.24. The van der Waals surface area contributed by atoms with Gasteiger partial charge in [-0.2, -0.15) is 0 Å². The first-order chi connectivity index (χ1) is 13.5. The molecule has 0 aliphatic rings. The Balaban J connectivity index is 2.15. The van der Waals surface area contributed by atoms with E-state index >= 15 is 0 Å². The number of hydrogen-bond acceptors (Lipinski definition) is 1. The first kappa shape index (κ1) is 20.3. The van der Waals surface area contributed by atoms with E-state index in [1.54, 1.807) is 0 Å². The van der Waals surface area contributed by atoms with E-state index in [-0.39, 0.29) is 11.5 Å². The molecule has 3 aromatic carbocycles. The molecule has 28 heavy (non-hydrogen) atoms. The van der Waals surface area contributed by atoms with Crippen LogP contribution in [0.5, 0.6) is 0 Å². The quantitative estimate of drug-likeness (QED) is 0.406. The normalized spacial score (nSPS) is 13.5. The summed E-state index contributed by atoms with van der Waals surface area (Å²) in [4.78, 5) is 0. The Morgan fingerprint density at radius 2 is 1.21 bits per heavy atom. The third-order valence-corrected chi connectivity index (χ3v) is 7.70. The van der Waals surface area contributed by atoms with Crippen molar-refractivity contribution in [1.29, 1.82) is 0 Å². The van der Waals surface area contributed by atoms with Crippen molar-refractivity contribution < 1.29 is 4.57 Å². The monoisotopic (exact) mass is 389 g/mol. The Bertz CT molecular complexity index is 906. The average Bonchev–Trinajstić information content (AvgIpc) is 2.73. The summed E-state index contributed by atoms with van der Waals surface area (Å²) in [6.07, 6.45) is 4.24. The molecule has 0 fully saturated rings. The molecule has 0 aliphatic carbocycles.